The fourth-order valence-corrected chi connectivity index (χ4v) is 1.41. The molecule has 0 spiro atoms. The standard InChI is InChI=1S/C10H12N2O2/c11-6-9-5-10(12-14-9)7-2-1-3-8(13)4-7/h1-4,9,13H,5-6,11H2. The van der Waals surface area contributed by atoms with Crippen molar-refractivity contribution in [2.24, 2.45) is 10.9 Å². The highest BCUT2D eigenvalue weighted by atomic mass is 16.6. The van der Waals surface area contributed by atoms with Crippen LogP contribution in [-0.4, -0.2) is 23.5 Å². The van der Waals surface area contributed by atoms with Gasteiger partial charge in [-0.25, -0.2) is 0 Å². The number of benzene rings is 1. The molecule has 0 saturated carbocycles. The molecule has 1 aromatic carbocycles. The highest BCUT2D eigenvalue weighted by molar-refractivity contribution is 6.01. The summed E-state index contributed by atoms with van der Waals surface area (Å²) < 4.78 is 0. The smallest absolute Gasteiger partial charge is 0.145 e. The fourth-order valence-electron chi connectivity index (χ4n) is 1.41. The molecule has 1 heterocycles. The van der Waals surface area contributed by atoms with E-state index in [0.29, 0.717) is 13.0 Å². The van der Waals surface area contributed by atoms with Gasteiger partial charge in [0, 0.05) is 18.5 Å². The summed E-state index contributed by atoms with van der Waals surface area (Å²) in [7, 11) is 0. The van der Waals surface area contributed by atoms with Gasteiger partial charge in [0.05, 0.1) is 5.71 Å². The van der Waals surface area contributed by atoms with E-state index in [9.17, 15) is 5.11 Å². The average Bonchev–Trinajstić information content (AvgIpc) is 2.66. The second-order valence-corrected chi connectivity index (χ2v) is 3.26. The van der Waals surface area contributed by atoms with Gasteiger partial charge in [0.15, 0.2) is 0 Å². The van der Waals surface area contributed by atoms with E-state index in [1.54, 1.807) is 18.2 Å². The Hall–Kier alpha value is -1.55. The Morgan fingerprint density at radius 2 is 2.43 bits per heavy atom. The minimum Gasteiger partial charge on any atom is -0.508 e. The van der Waals surface area contributed by atoms with Crippen molar-refractivity contribution >= 4 is 5.71 Å². The molecule has 1 aliphatic heterocycles. The first-order valence-corrected chi connectivity index (χ1v) is 4.52. The molecule has 0 bridgehead atoms. The summed E-state index contributed by atoms with van der Waals surface area (Å²) in [5.74, 6) is 0.237. The van der Waals surface area contributed by atoms with Gasteiger partial charge in [0.25, 0.3) is 0 Å². The molecule has 2 rings (SSSR count). The Morgan fingerprint density at radius 1 is 1.57 bits per heavy atom. The predicted octanol–water partition coefficient (Wildman–Crippen LogP) is 0.844. The third-order valence-corrected chi connectivity index (χ3v) is 2.18. The molecule has 14 heavy (non-hydrogen) atoms. The summed E-state index contributed by atoms with van der Waals surface area (Å²) >= 11 is 0. The van der Waals surface area contributed by atoms with Crippen molar-refractivity contribution < 1.29 is 9.94 Å². The maximum atomic E-state index is 9.28. The van der Waals surface area contributed by atoms with Crippen LogP contribution in [0.4, 0.5) is 0 Å². The minimum atomic E-state index is -0.0210. The molecule has 0 amide bonds. The number of hydrogen-bond donors (Lipinski definition) is 2. The largest absolute Gasteiger partial charge is 0.508 e. The fraction of sp³-hybridized carbons (Fsp3) is 0.300. The van der Waals surface area contributed by atoms with Crippen molar-refractivity contribution in [3.05, 3.63) is 29.8 Å². The molecule has 0 fully saturated rings. The lowest BCUT2D eigenvalue weighted by Crippen LogP contribution is -2.20. The first-order valence-electron chi connectivity index (χ1n) is 4.52. The normalized spacial score (nSPS) is 20.4. The van der Waals surface area contributed by atoms with Gasteiger partial charge in [-0.15, -0.1) is 0 Å². The van der Waals surface area contributed by atoms with Crippen LogP contribution in [0.1, 0.15) is 12.0 Å². The van der Waals surface area contributed by atoms with Crippen molar-refractivity contribution in [1.82, 2.24) is 0 Å². The molecule has 1 atom stereocenters. The zero-order valence-corrected chi connectivity index (χ0v) is 7.68. The van der Waals surface area contributed by atoms with E-state index in [4.69, 9.17) is 10.6 Å². The lowest BCUT2D eigenvalue weighted by Gasteiger charge is -2.02. The number of aromatic hydroxyl groups is 1. The van der Waals surface area contributed by atoms with Gasteiger partial charge in [0.1, 0.15) is 11.9 Å². The summed E-state index contributed by atoms with van der Waals surface area (Å²) in [5.41, 5.74) is 7.19. The van der Waals surface area contributed by atoms with E-state index in [1.807, 2.05) is 6.07 Å². The molecule has 74 valence electrons. The maximum Gasteiger partial charge on any atom is 0.145 e. The van der Waals surface area contributed by atoms with Crippen molar-refractivity contribution in [3.63, 3.8) is 0 Å². The van der Waals surface area contributed by atoms with Crippen molar-refractivity contribution in [3.8, 4) is 5.75 Å². The van der Waals surface area contributed by atoms with Crippen molar-refractivity contribution in [1.29, 1.82) is 0 Å². The number of nitrogens with zero attached hydrogens (tertiary/aromatic N) is 1. The van der Waals surface area contributed by atoms with Crippen molar-refractivity contribution in [2.45, 2.75) is 12.5 Å². The molecule has 3 N–H and O–H groups in total. The first kappa shape index (κ1) is 9.02. The molecule has 1 aromatic rings. The molecule has 0 aliphatic carbocycles. The Morgan fingerprint density at radius 3 is 3.07 bits per heavy atom. The number of phenolic OH excluding ortho intramolecular Hbond substituents is 1. The van der Waals surface area contributed by atoms with Gasteiger partial charge in [-0.05, 0) is 12.1 Å². The molecule has 1 unspecified atom stereocenters. The Bertz CT molecular complexity index is 363. The second kappa shape index (κ2) is 3.67. The first-order chi connectivity index (χ1) is 6.79. The summed E-state index contributed by atoms with van der Waals surface area (Å²) in [6.07, 6.45) is 0.687. The quantitative estimate of drug-likeness (QED) is 0.729. The van der Waals surface area contributed by atoms with E-state index in [0.717, 1.165) is 11.3 Å². The van der Waals surface area contributed by atoms with Gasteiger partial charge >= 0.3 is 0 Å². The van der Waals surface area contributed by atoms with Crippen LogP contribution in [-0.2, 0) is 4.84 Å². The van der Waals surface area contributed by atoms with E-state index < -0.39 is 0 Å². The van der Waals surface area contributed by atoms with Gasteiger partial charge < -0.3 is 15.7 Å². The molecule has 1 aliphatic rings. The Labute approximate surface area is 82.0 Å². The molecular formula is C10H12N2O2. The maximum absolute atomic E-state index is 9.28. The highest BCUT2D eigenvalue weighted by Crippen LogP contribution is 2.18. The van der Waals surface area contributed by atoms with Gasteiger partial charge in [0.2, 0.25) is 0 Å². The van der Waals surface area contributed by atoms with Crippen LogP contribution in [0, 0.1) is 0 Å². The molecule has 4 heteroatoms. The molecule has 4 nitrogen and oxygen atoms in total. The third-order valence-electron chi connectivity index (χ3n) is 2.18. The Balaban J connectivity index is 2.17. The average molecular weight is 192 g/mol. The number of rotatable bonds is 2. The van der Waals surface area contributed by atoms with E-state index >= 15 is 0 Å². The van der Waals surface area contributed by atoms with Crippen LogP contribution in [0.5, 0.6) is 5.75 Å². The van der Waals surface area contributed by atoms with Gasteiger partial charge in [-0.2, -0.15) is 0 Å². The van der Waals surface area contributed by atoms with E-state index in [1.165, 1.54) is 0 Å². The number of nitrogens with two attached hydrogens (primary N) is 1. The van der Waals surface area contributed by atoms with Crippen LogP contribution in [0.3, 0.4) is 0 Å². The summed E-state index contributed by atoms with van der Waals surface area (Å²) in [4.78, 5) is 5.09. The lowest BCUT2D eigenvalue weighted by molar-refractivity contribution is 0.0918. The third kappa shape index (κ3) is 1.70. The van der Waals surface area contributed by atoms with Crippen LogP contribution in [0.15, 0.2) is 29.4 Å². The van der Waals surface area contributed by atoms with Crippen LogP contribution >= 0.6 is 0 Å². The summed E-state index contributed by atoms with van der Waals surface area (Å²) in [6, 6.07) is 6.96. The number of phenols is 1. The molecular weight excluding hydrogens is 180 g/mol. The lowest BCUT2D eigenvalue weighted by atomic mass is 10.1. The van der Waals surface area contributed by atoms with Gasteiger partial charge in [-0.3, -0.25) is 0 Å². The number of oxime groups is 1. The second-order valence-electron chi connectivity index (χ2n) is 3.26. The predicted molar refractivity (Wildman–Crippen MR) is 53.2 cm³/mol. The Kier molecular flexibility index (Phi) is 2.37. The highest BCUT2D eigenvalue weighted by Gasteiger charge is 2.20. The zero-order valence-electron chi connectivity index (χ0n) is 7.68. The molecule has 0 radical (unpaired) electrons. The summed E-state index contributed by atoms with van der Waals surface area (Å²) in [6.45, 7) is 0.464. The summed E-state index contributed by atoms with van der Waals surface area (Å²) in [5, 5.41) is 13.2. The van der Waals surface area contributed by atoms with Crippen molar-refractivity contribution in [2.75, 3.05) is 6.54 Å². The molecule has 0 saturated heterocycles. The van der Waals surface area contributed by atoms with Crippen LogP contribution in [0.2, 0.25) is 0 Å². The topological polar surface area (TPSA) is 67.8 Å². The van der Waals surface area contributed by atoms with Gasteiger partial charge in [-0.1, -0.05) is 17.3 Å². The minimum absolute atomic E-state index is 0.0210. The molecule has 0 aromatic heterocycles. The van der Waals surface area contributed by atoms with E-state index in [-0.39, 0.29) is 11.9 Å². The van der Waals surface area contributed by atoms with Crippen LogP contribution in [0.25, 0.3) is 0 Å². The zero-order chi connectivity index (χ0) is 9.97. The van der Waals surface area contributed by atoms with E-state index in [2.05, 4.69) is 5.16 Å². The monoisotopic (exact) mass is 192 g/mol. The van der Waals surface area contributed by atoms with Crippen LogP contribution < -0.4 is 5.73 Å². The number of hydrogen-bond acceptors (Lipinski definition) is 4. The SMILES string of the molecule is NCC1CC(c2cccc(O)c2)=NO1.